The Morgan fingerprint density at radius 2 is 2.30 bits per heavy atom. The summed E-state index contributed by atoms with van der Waals surface area (Å²) in [5.41, 5.74) is -0.309. The van der Waals surface area contributed by atoms with E-state index in [1.807, 2.05) is 36.2 Å². The second-order valence-corrected chi connectivity index (χ2v) is 6.20. The van der Waals surface area contributed by atoms with Gasteiger partial charge in [0.15, 0.2) is 5.60 Å². The van der Waals surface area contributed by atoms with E-state index >= 15 is 0 Å². The minimum Gasteiger partial charge on any atom is -0.497 e. The van der Waals surface area contributed by atoms with Gasteiger partial charge in [-0.2, -0.15) is 0 Å². The van der Waals surface area contributed by atoms with Crippen molar-refractivity contribution in [3.8, 4) is 5.75 Å². The molecule has 0 unspecified atom stereocenters. The Kier molecular flexibility index (Phi) is 5.80. The maximum atomic E-state index is 12.7. The lowest BCUT2D eigenvalue weighted by molar-refractivity contribution is -0.159. The average Bonchev–Trinajstić information content (AvgIpc) is 2.52. The molecule has 0 bridgehead atoms. The van der Waals surface area contributed by atoms with Gasteiger partial charge in [0.05, 0.1) is 7.11 Å². The molecule has 1 aliphatic rings. The summed E-state index contributed by atoms with van der Waals surface area (Å²) >= 11 is 0. The van der Waals surface area contributed by atoms with E-state index in [0.717, 1.165) is 17.7 Å². The first kappa shape index (κ1) is 17.5. The van der Waals surface area contributed by atoms with Crippen LogP contribution in [-0.4, -0.2) is 60.2 Å². The Morgan fingerprint density at radius 3 is 3.00 bits per heavy atom. The number of likely N-dealkylation sites (tertiary alicyclic amines) is 1. The highest BCUT2D eigenvalue weighted by molar-refractivity contribution is 5.86. The highest BCUT2D eigenvalue weighted by Crippen LogP contribution is 2.25. The number of likely N-dealkylation sites (N-methyl/N-ethyl adjacent to an activating group) is 1. The Morgan fingerprint density at radius 1 is 1.52 bits per heavy atom. The molecule has 5 heteroatoms. The molecular formula is C18H26N2O3. The number of ether oxygens (including phenoxy) is 1. The van der Waals surface area contributed by atoms with Crippen molar-refractivity contribution in [3.63, 3.8) is 0 Å². The fraction of sp³-hybridized carbons (Fsp3) is 0.500. The van der Waals surface area contributed by atoms with Crippen LogP contribution in [0.15, 0.2) is 36.9 Å². The van der Waals surface area contributed by atoms with Gasteiger partial charge >= 0.3 is 0 Å². The number of carbonyl (C=O) groups excluding carboxylic acids is 1. The summed E-state index contributed by atoms with van der Waals surface area (Å²) < 4.78 is 5.22. The Hall–Kier alpha value is -1.85. The molecule has 23 heavy (non-hydrogen) atoms. The third-order valence-corrected chi connectivity index (χ3v) is 4.18. The van der Waals surface area contributed by atoms with Gasteiger partial charge < -0.3 is 14.7 Å². The van der Waals surface area contributed by atoms with Crippen molar-refractivity contribution in [1.29, 1.82) is 0 Å². The van der Waals surface area contributed by atoms with E-state index in [4.69, 9.17) is 4.74 Å². The lowest BCUT2D eigenvalue weighted by Crippen LogP contribution is -2.57. The lowest BCUT2D eigenvalue weighted by atomic mass is 9.91. The number of piperidine rings is 1. The van der Waals surface area contributed by atoms with Gasteiger partial charge in [-0.3, -0.25) is 9.69 Å². The van der Waals surface area contributed by atoms with E-state index in [0.29, 0.717) is 32.6 Å². The molecule has 0 saturated carbocycles. The molecule has 1 aromatic carbocycles. The SMILES string of the molecule is C=CCN(C)C[C@]1(O)CCCN(Cc2cccc(OC)c2)C1=O. The van der Waals surface area contributed by atoms with Crippen LogP contribution in [0.4, 0.5) is 0 Å². The second kappa shape index (κ2) is 7.62. The number of rotatable bonds is 7. The molecule has 0 aromatic heterocycles. The number of benzene rings is 1. The zero-order valence-corrected chi connectivity index (χ0v) is 14.0. The maximum Gasteiger partial charge on any atom is 0.256 e. The first-order valence-corrected chi connectivity index (χ1v) is 7.92. The normalized spacial score (nSPS) is 21.6. The molecule has 126 valence electrons. The van der Waals surface area contributed by atoms with Crippen LogP contribution in [-0.2, 0) is 11.3 Å². The van der Waals surface area contributed by atoms with Crippen LogP contribution in [0.5, 0.6) is 5.75 Å². The van der Waals surface area contributed by atoms with Crippen molar-refractivity contribution < 1.29 is 14.6 Å². The van der Waals surface area contributed by atoms with Crippen molar-refractivity contribution in [2.75, 3.05) is 33.8 Å². The second-order valence-electron chi connectivity index (χ2n) is 6.20. The van der Waals surface area contributed by atoms with Gasteiger partial charge in [-0.05, 0) is 37.6 Å². The number of hydrogen-bond acceptors (Lipinski definition) is 4. The third kappa shape index (κ3) is 4.33. The monoisotopic (exact) mass is 318 g/mol. The van der Waals surface area contributed by atoms with Gasteiger partial charge in [-0.25, -0.2) is 0 Å². The van der Waals surface area contributed by atoms with Gasteiger partial charge in [0.25, 0.3) is 5.91 Å². The molecule has 1 N–H and O–H groups in total. The highest BCUT2D eigenvalue weighted by Gasteiger charge is 2.42. The van der Waals surface area contributed by atoms with Crippen molar-refractivity contribution in [1.82, 2.24) is 9.80 Å². The van der Waals surface area contributed by atoms with E-state index in [9.17, 15) is 9.90 Å². The lowest BCUT2D eigenvalue weighted by Gasteiger charge is -2.40. The molecule has 1 aromatic rings. The molecule has 0 aliphatic carbocycles. The molecule has 1 fully saturated rings. The summed E-state index contributed by atoms with van der Waals surface area (Å²) in [4.78, 5) is 16.4. The number of hydrogen-bond donors (Lipinski definition) is 1. The number of aliphatic hydroxyl groups is 1. The summed E-state index contributed by atoms with van der Waals surface area (Å²) in [5, 5.41) is 10.8. The zero-order chi connectivity index (χ0) is 16.9. The summed E-state index contributed by atoms with van der Waals surface area (Å²) in [6.07, 6.45) is 3.07. The molecule has 1 aliphatic heterocycles. The van der Waals surface area contributed by atoms with E-state index in [1.54, 1.807) is 18.1 Å². The molecule has 1 heterocycles. The quantitative estimate of drug-likeness (QED) is 0.777. The van der Waals surface area contributed by atoms with E-state index in [2.05, 4.69) is 6.58 Å². The van der Waals surface area contributed by atoms with E-state index in [1.165, 1.54) is 0 Å². The third-order valence-electron chi connectivity index (χ3n) is 4.18. The standard InChI is InChI=1S/C18H26N2O3/c1-4-10-19(2)14-18(22)9-6-11-20(17(18)21)13-15-7-5-8-16(12-15)23-3/h4-5,7-8,12,22H,1,6,9-11,13-14H2,2-3H3/t18-/m1/s1. The van der Waals surface area contributed by atoms with Crippen molar-refractivity contribution >= 4 is 5.91 Å². The molecule has 1 saturated heterocycles. The van der Waals surface area contributed by atoms with Crippen LogP contribution in [0.3, 0.4) is 0 Å². The topological polar surface area (TPSA) is 53.0 Å². The van der Waals surface area contributed by atoms with E-state index < -0.39 is 5.60 Å². The Labute approximate surface area is 138 Å². The zero-order valence-electron chi connectivity index (χ0n) is 14.0. The minimum absolute atomic E-state index is 0.192. The molecule has 0 radical (unpaired) electrons. The van der Waals surface area contributed by atoms with Gasteiger partial charge in [0.1, 0.15) is 5.75 Å². The van der Waals surface area contributed by atoms with Crippen LogP contribution < -0.4 is 4.74 Å². The molecule has 1 atom stereocenters. The molecular weight excluding hydrogens is 292 g/mol. The molecule has 5 nitrogen and oxygen atoms in total. The van der Waals surface area contributed by atoms with E-state index in [-0.39, 0.29) is 5.91 Å². The highest BCUT2D eigenvalue weighted by atomic mass is 16.5. The Bertz CT molecular complexity index is 561. The minimum atomic E-state index is -1.31. The summed E-state index contributed by atoms with van der Waals surface area (Å²) in [7, 11) is 3.51. The molecule has 2 rings (SSSR count). The number of methoxy groups -OCH3 is 1. The number of amides is 1. The van der Waals surface area contributed by atoms with Crippen molar-refractivity contribution in [2.45, 2.75) is 25.0 Å². The summed E-state index contributed by atoms with van der Waals surface area (Å²) in [6.45, 7) is 5.82. The van der Waals surface area contributed by atoms with Crippen molar-refractivity contribution in [3.05, 3.63) is 42.5 Å². The van der Waals surface area contributed by atoms with Gasteiger partial charge in [-0.15, -0.1) is 6.58 Å². The van der Waals surface area contributed by atoms with Gasteiger partial charge in [0, 0.05) is 26.2 Å². The number of nitrogens with zero attached hydrogens (tertiary/aromatic N) is 2. The van der Waals surface area contributed by atoms with Crippen LogP contribution in [0.2, 0.25) is 0 Å². The summed E-state index contributed by atoms with van der Waals surface area (Å²) in [5.74, 6) is 0.579. The number of carbonyl (C=O) groups is 1. The summed E-state index contributed by atoms with van der Waals surface area (Å²) in [6, 6.07) is 7.67. The van der Waals surface area contributed by atoms with Crippen LogP contribution in [0.25, 0.3) is 0 Å². The molecule has 0 spiro atoms. The average molecular weight is 318 g/mol. The predicted octanol–water partition coefficient (Wildman–Crippen LogP) is 1.67. The fourth-order valence-electron chi connectivity index (χ4n) is 3.09. The first-order chi connectivity index (χ1) is 11.0. The van der Waals surface area contributed by atoms with Crippen LogP contribution in [0.1, 0.15) is 18.4 Å². The smallest absolute Gasteiger partial charge is 0.256 e. The molecule has 1 amide bonds. The van der Waals surface area contributed by atoms with Gasteiger partial charge in [0.2, 0.25) is 0 Å². The predicted molar refractivity (Wildman–Crippen MR) is 90.3 cm³/mol. The largest absolute Gasteiger partial charge is 0.497 e. The van der Waals surface area contributed by atoms with Crippen LogP contribution >= 0.6 is 0 Å². The van der Waals surface area contributed by atoms with Crippen LogP contribution in [0, 0.1) is 0 Å². The fourth-order valence-corrected chi connectivity index (χ4v) is 3.09. The van der Waals surface area contributed by atoms with Crippen molar-refractivity contribution in [2.24, 2.45) is 0 Å². The van der Waals surface area contributed by atoms with Gasteiger partial charge in [-0.1, -0.05) is 18.2 Å². The first-order valence-electron chi connectivity index (χ1n) is 7.92. The Balaban J connectivity index is 2.07. The maximum absolute atomic E-state index is 12.7.